The van der Waals surface area contributed by atoms with Crippen LogP contribution in [-0.4, -0.2) is 43.8 Å². The van der Waals surface area contributed by atoms with E-state index in [0.29, 0.717) is 50.2 Å². The lowest BCUT2D eigenvalue weighted by Crippen LogP contribution is -2.27. The molecule has 202 valence electrons. The molecule has 0 unspecified atom stereocenters. The number of carboxylic acid groups (broad SMARTS) is 1. The van der Waals surface area contributed by atoms with Gasteiger partial charge in [0.15, 0.2) is 0 Å². The Labute approximate surface area is 237 Å². The summed E-state index contributed by atoms with van der Waals surface area (Å²) in [5.74, 6) is -0.0149. The molecule has 0 saturated heterocycles. The number of ether oxygens (including phenoxy) is 2. The highest BCUT2D eigenvalue weighted by Crippen LogP contribution is 2.40. The second kappa shape index (κ2) is 10.9. The van der Waals surface area contributed by atoms with E-state index in [9.17, 15) is 20.0 Å². The molecule has 0 aliphatic carbocycles. The number of fused-ring (bicyclic) bond motifs is 2. The van der Waals surface area contributed by atoms with Crippen LogP contribution in [0.15, 0.2) is 40.6 Å². The summed E-state index contributed by atoms with van der Waals surface area (Å²) in [5.41, 5.74) is 2.55. The van der Waals surface area contributed by atoms with E-state index < -0.39 is 11.5 Å². The summed E-state index contributed by atoms with van der Waals surface area (Å²) < 4.78 is 13.7. The quantitative estimate of drug-likeness (QED) is 0.258. The summed E-state index contributed by atoms with van der Waals surface area (Å²) >= 11 is 7.63. The first-order chi connectivity index (χ1) is 19.2. The zero-order chi connectivity index (χ0) is 28.6. The normalized spacial score (nSPS) is 11.1. The molecule has 0 saturated carbocycles. The fourth-order valence-electron chi connectivity index (χ4n) is 4.49. The van der Waals surface area contributed by atoms with Crippen molar-refractivity contribution in [2.75, 3.05) is 13.2 Å². The Kier molecular flexibility index (Phi) is 7.38. The number of nitrogens with zero attached hydrogens (tertiary/aromatic N) is 5. The maximum absolute atomic E-state index is 13.5. The molecule has 0 amide bonds. The first kappa shape index (κ1) is 27.1. The van der Waals surface area contributed by atoms with Crippen LogP contribution in [0.2, 0.25) is 5.02 Å². The van der Waals surface area contributed by atoms with E-state index in [1.807, 2.05) is 12.1 Å². The van der Waals surface area contributed by atoms with Gasteiger partial charge in [0.2, 0.25) is 5.88 Å². The fraction of sp³-hybridized carbons (Fsp3) is 0.214. The lowest BCUT2D eigenvalue weighted by Gasteiger charge is -2.16. The smallest absolute Gasteiger partial charge is 0.338 e. The molecule has 10 nitrogen and oxygen atoms in total. The molecule has 12 heteroatoms. The second-order valence-electron chi connectivity index (χ2n) is 8.79. The molecule has 0 fully saturated rings. The predicted molar refractivity (Wildman–Crippen MR) is 152 cm³/mol. The minimum atomic E-state index is -1.05. The van der Waals surface area contributed by atoms with Crippen LogP contribution < -0.4 is 15.0 Å². The molecule has 0 aliphatic heterocycles. The van der Waals surface area contributed by atoms with Crippen LogP contribution in [0, 0.1) is 25.2 Å². The van der Waals surface area contributed by atoms with Crippen LogP contribution in [-0.2, 0) is 6.54 Å². The fourth-order valence-corrected chi connectivity index (χ4v) is 5.67. The number of aromatic nitrogens is 4. The van der Waals surface area contributed by atoms with Gasteiger partial charge in [-0.25, -0.2) is 14.8 Å². The van der Waals surface area contributed by atoms with Crippen molar-refractivity contribution < 1.29 is 19.4 Å². The molecule has 40 heavy (non-hydrogen) atoms. The Morgan fingerprint density at radius 3 is 2.73 bits per heavy atom. The molecule has 0 spiro atoms. The lowest BCUT2D eigenvalue weighted by molar-refractivity contribution is 0.0699. The molecule has 4 heterocycles. The third-order valence-corrected chi connectivity index (χ3v) is 7.47. The van der Waals surface area contributed by atoms with Crippen molar-refractivity contribution in [3.05, 3.63) is 73.9 Å². The van der Waals surface area contributed by atoms with Crippen LogP contribution >= 0.6 is 22.9 Å². The number of aryl methyl sites for hydroxylation is 2. The number of rotatable bonds is 8. The minimum absolute atomic E-state index is 0.0419. The lowest BCUT2D eigenvalue weighted by atomic mass is 10.0. The van der Waals surface area contributed by atoms with E-state index in [1.165, 1.54) is 22.1 Å². The van der Waals surface area contributed by atoms with Crippen molar-refractivity contribution in [1.82, 2.24) is 19.5 Å². The molecular weight excluding hydrogens is 554 g/mol. The molecule has 5 rings (SSSR count). The molecule has 0 radical (unpaired) electrons. The van der Waals surface area contributed by atoms with Gasteiger partial charge in [-0.2, -0.15) is 5.26 Å². The number of thiophene rings is 1. The van der Waals surface area contributed by atoms with E-state index in [-0.39, 0.29) is 35.5 Å². The van der Waals surface area contributed by atoms with Gasteiger partial charge < -0.3 is 14.6 Å². The Bertz CT molecular complexity index is 1910. The van der Waals surface area contributed by atoms with E-state index in [1.54, 1.807) is 44.4 Å². The van der Waals surface area contributed by atoms with Gasteiger partial charge in [0.1, 0.15) is 29.8 Å². The summed E-state index contributed by atoms with van der Waals surface area (Å²) in [6.45, 7) is 5.81. The summed E-state index contributed by atoms with van der Waals surface area (Å²) in [5, 5.41) is 21.5. The molecule has 4 aromatic heterocycles. The van der Waals surface area contributed by atoms with E-state index in [0.717, 1.165) is 5.56 Å². The topological polar surface area (TPSA) is 140 Å². The number of nitriles is 1. The van der Waals surface area contributed by atoms with Crippen molar-refractivity contribution in [2.24, 2.45) is 0 Å². The zero-order valence-electron chi connectivity index (χ0n) is 21.7. The standard InChI is InChI=1S/C28H22ClN5O5S/c1-4-38-26-19(11-30)23-21(12-31-26)33-15(3)34(27(23)35)7-8-39-22-6-5-16(29)10-17(22)18-9-14(2)32-24-20(28(36)37)13-40-25(18)24/h5-6,9-10,12-13H,4,7-8H2,1-3H3,(H,36,37). The van der Waals surface area contributed by atoms with Crippen molar-refractivity contribution in [3.63, 3.8) is 0 Å². The number of benzene rings is 1. The van der Waals surface area contributed by atoms with Crippen LogP contribution in [0.4, 0.5) is 0 Å². The van der Waals surface area contributed by atoms with Gasteiger partial charge in [-0.1, -0.05) is 11.6 Å². The number of halogens is 1. The maximum atomic E-state index is 13.5. The molecular formula is C28H22ClN5O5S. The second-order valence-corrected chi connectivity index (χ2v) is 10.1. The van der Waals surface area contributed by atoms with Gasteiger partial charge in [-0.3, -0.25) is 14.3 Å². The van der Waals surface area contributed by atoms with Crippen LogP contribution in [0.3, 0.4) is 0 Å². The van der Waals surface area contributed by atoms with Crippen molar-refractivity contribution in [1.29, 1.82) is 5.26 Å². The van der Waals surface area contributed by atoms with Gasteiger partial charge in [-0.15, -0.1) is 11.3 Å². The van der Waals surface area contributed by atoms with Crippen LogP contribution in [0.25, 0.3) is 32.2 Å². The monoisotopic (exact) mass is 575 g/mol. The number of aromatic carboxylic acids is 1. The number of hydrogen-bond acceptors (Lipinski definition) is 9. The van der Waals surface area contributed by atoms with E-state index in [2.05, 4.69) is 15.0 Å². The molecule has 0 atom stereocenters. The maximum Gasteiger partial charge on any atom is 0.338 e. The van der Waals surface area contributed by atoms with Gasteiger partial charge >= 0.3 is 5.97 Å². The zero-order valence-corrected chi connectivity index (χ0v) is 23.3. The van der Waals surface area contributed by atoms with Crippen molar-refractivity contribution in [3.8, 4) is 28.8 Å². The molecule has 0 bridgehead atoms. The first-order valence-electron chi connectivity index (χ1n) is 12.2. The first-order valence-corrected chi connectivity index (χ1v) is 13.5. The van der Waals surface area contributed by atoms with Crippen molar-refractivity contribution in [2.45, 2.75) is 27.3 Å². The number of carbonyl (C=O) groups is 1. The van der Waals surface area contributed by atoms with Crippen molar-refractivity contribution >= 4 is 50.0 Å². The highest BCUT2D eigenvalue weighted by molar-refractivity contribution is 7.18. The Morgan fingerprint density at radius 1 is 1.20 bits per heavy atom. The number of carboxylic acids is 1. The number of pyridine rings is 2. The average molecular weight is 576 g/mol. The largest absolute Gasteiger partial charge is 0.491 e. The minimum Gasteiger partial charge on any atom is -0.491 e. The van der Waals surface area contributed by atoms with E-state index in [4.69, 9.17) is 21.1 Å². The van der Waals surface area contributed by atoms with Crippen LogP contribution in [0.5, 0.6) is 11.6 Å². The third-order valence-electron chi connectivity index (χ3n) is 6.23. The summed E-state index contributed by atoms with van der Waals surface area (Å²) in [6, 6.07) is 9.06. The van der Waals surface area contributed by atoms with Gasteiger partial charge in [-0.05, 0) is 45.0 Å². The summed E-state index contributed by atoms with van der Waals surface area (Å²) in [4.78, 5) is 38.2. The Balaban J connectivity index is 1.51. The Morgan fingerprint density at radius 2 is 2.00 bits per heavy atom. The van der Waals surface area contributed by atoms with Gasteiger partial charge in [0, 0.05) is 27.2 Å². The molecule has 1 aromatic carbocycles. The van der Waals surface area contributed by atoms with Crippen LogP contribution in [0.1, 0.15) is 34.4 Å². The molecule has 0 aliphatic rings. The average Bonchev–Trinajstić information content (AvgIpc) is 3.35. The highest BCUT2D eigenvalue weighted by atomic mass is 35.5. The number of hydrogen-bond donors (Lipinski definition) is 1. The third kappa shape index (κ3) is 4.83. The summed E-state index contributed by atoms with van der Waals surface area (Å²) in [6.07, 6.45) is 1.42. The van der Waals surface area contributed by atoms with Gasteiger partial charge in [0.05, 0.1) is 46.0 Å². The Hall–Kier alpha value is -4.53. The van der Waals surface area contributed by atoms with E-state index >= 15 is 0 Å². The predicted octanol–water partition coefficient (Wildman–Crippen LogP) is 5.39. The molecule has 5 aromatic rings. The summed E-state index contributed by atoms with van der Waals surface area (Å²) in [7, 11) is 0. The molecule has 1 N–H and O–H groups in total. The SMILES string of the molecule is CCOc1ncc2nc(C)n(CCOc3ccc(Cl)cc3-c3cc(C)nc4c(C(=O)O)csc34)c(=O)c2c1C#N. The highest BCUT2D eigenvalue weighted by Gasteiger charge is 2.20. The van der Waals surface area contributed by atoms with Gasteiger partial charge in [0.25, 0.3) is 5.56 Å².